The van der Waals surface area contributed by atoms with E-state index in [2.05, 4.69) is 12.6 Å². The first-order valence-electron chi connectivity index (χ1n) is 9.66. The molecule has 7 N–H and O–H groups in total. The molecule has 2 saturated heterocycles. The topological polar surface area (TPSA) is 179 Å². The summed E-state index contributed by atoms with van der Waals surface area (Å²) in [7, 11) is 0. The zero-order valence-corrected chi connectivity index (χ0v) is 16.8. The average Bonchev–Trinajstić information content (AvgIpc) is 2.72. The van der Waals surface area contributed by atoms with Crippen LogP contribution in [0.2, 0.25) is 0 Å². The predicted molar refractivity (Wildman–Crippen MR) is 100 cm³/mol. The van der Waals surface area contributed by atoms with E-state index < -0.39 is 74.6 Å². The molecule has 2 heterocycles. The molecule has 0 amide bonds. The molecule has 2 aliphatic rings. The van der Waals surface area contributed by atoms with Crippen LogP contribution in [0.3, 0.4) is 0 Å². The number of thiol groups is 1. The standard InChI is InChI=1S/C17H32O11S/c18-6-8-10(20)11(21)13(23)17(26-8)28-15-9(7-19)27-16(14(24)12(15)22)25-4-2-1-3-5-29/h8-24,29H,1-7H2/t8?,9?,10-,11?,12?,13-,14-,15+,16+,17-/m0/s1. The first kappa shape index (κ1) is 25.2. The van der Waals surface area contributed by atoms with Crippen LogP contribution in [0.5, 0.6) is 0 Å². The number of hydrogen-bond donors (Lipinski definition) is 8. The number of aliphatic hydroxyl groups is 7. The lowest BCUT2D eigenvalue weighted by Crippen LogP contribution is -2.64. The number of ether oxygens (including phenoxy) is 4. The van der Waals surface area contributed by atoms with Gasteiger partial charge in [0.2, 0.25) is 0 Å². The summed E-state index contributed by atoms with van der Waals surface area (Å²) in [4.78, 5) is 0. The summed E-state index contributed by atoms with van der Waals surface area (Å²) in [5, 5.41) is 69.4. The summed E-state index contributed by atoms with van der Waals surface area (Å²) in [5.41, 5.74) is 0. The van der Waals surface area contributed by atoms with Gasteiger partial charge in [0.15, 0.2) is 12.6 Å². The molecule has 0 bridgehead atoms. The smallest absolute Gasteiger partial charge is 0.187 e. The van der Waals surface area contributed by atoms with Gasteiger partial charge in [0.25, 0.3) is 0 Å². The third-order valence-corrected chi connectivity index (χ3v) is 5.36. The molecule has 0 spiro atoms. The second-order valence-electron chi connectivity index (χ2n) is 7.16. The second-order valence-corrected chi connectivity index (χ2v) is 7.61. The Labute approximate surface area is 174 Å². The van der Waals surface area contributed by atoms with Crippen LogP contribution in [0.1, 0.15) is 19.3 Å². The maximum absolute atomic E-state index is 10.5. The van der Waals surface area contributed by atoms with Crippen LogP contribution >= 0.6 is 12.6 Å². The lowest BCUT2D eigenvalue weighted by molar-refractivity contribution is -0.359. The fourth-order valence-corrected chi connectivity index (χ4v) is 3.51. The zero-order chi connectivity index (χ0) is 21.6. The minimum atomic E-state index is -1.70. The van der Waals surface area contributed by atoms with E-state index >= 15 is 0 Å². The van der Waals surface area contributed by atoms with Crippen molar-refractivity contribution in [2.45, 2.75) is 80.7 Å². The third kappa shape index (κ3) is 6.21. The summed E-state index contributed by atoms with van der Waals surface area (Å²) in [6.45, 7) is -0.965. The maximum Gasteiger partial charge on any atom is 0.187 e. The van der Waals surface area contributed by atoms with Gasteiger partial charge in [-0.3, -0.25) is 0 Å². The molecule has 0 aromatic heterocycles. The first-order chi connectivity index (χ1) is 13.8. The van der Waals surface area contributed by atoms with Crippen molar-refractivity contribution in [3.63, 3.8) is 0 Å². The molecule has 172 valence electrons. The zero-order valence-electron chi connectivity index (χ0n) is 15.9. The van der Waals surface area contributed by atoms with E-state index in [1.165, 1.54) is 0 Å². The minimum Gasteiger partial charge on any atom is -0.394 e. The molecule has 0 aliphatic carbocycles. The Morgan fingerprint density at radius 2 is 1.31 bits per heavy atom. The Hall–Kier alpha value is -0.0900. The van der Waals surface area contributed by atoms with Gasteiger partial charge in [-0.25, -0.2) is 0 Å². The SMILES string of the molecule is OCC1O[C@@H](O[C@@H]2C(CO)O[C@@H](OCCCCCS)[C@@H](O)C2O)[C@@H](O)C(O)[C@H]1O. The van der Waals surface area contributed by atoms with Gasteiger partial charge in [-0.2, -0.15) is 12.6 Å². The van der Waals surface area contributed by atoms with E-state index in [0.29, 0.717) is 6.42 Å². The molecule has 2 fully saturated rings. The first-order valence-corrected chi connectivity index (χ1v) is 10.3. The summed E-state index contributed by atoms with van der Waals surface area (Å²) in [5.74, 6) is 0.755. The van der Waals surface area contributed by atoms with Gasteiger partial charge >= 0.3 is 0 Å². The third-order valence-electron chi connectivity index (χ3n) is 5.04. The van der Waals surface area contributed by atoms with Crippen LogP contribution in [-0.4, -0.2) is 123 Å². The molecule has 11 nitrogen and oxygen atoms in total. The van der Waals surface area contributed by atoms with Crippen molar-refractivity contribution in [1.82, 2.24) is 0 Å². The quantitative estimate of drug-likeness (QED) is 0.125. The molecule has 12 heteroatoms. The van der Waals surface area contributed by atoms with Gasteiger partial charge in [0, 0.05) is 6.61 Å². The van der Waals surface area contributed by atoms with E-state index in [9.17, 15) is 35.7 Å². The molecule has 0 saturated carbocycles. The van der Waals surface area contributed by atoms with Crippen LogP contribution in [-0.2, 0) is 18.9 Å². The monoisotopic (exact) mass is 444 g/mol. The van der Waals surface area contributed by atoms with E-state index in [-0.39, 0.29) is 6.61 Å². The van der Waals surface area contributed by atoms with Crippen molar-refractivity contribution in [2.75, 3.05) is 25.6 Å². The molecule has 29 heavy (non-hydrogen) atoms. The van der Waals surface area contributed by atoms with Gasteiger partial charge < -0.3 is 54.7 Å². The van der Waals surface area contributed by atoms with Crippen LogP contribution in [0.15, 0.2) is 0 Å². The molecule has 0 aromatic rings. The Bertz CT molecular complexity index is 469. The molecular formula is C17H32O11S. The largest absolute Gasteiger partial charge is 0.394 e. The van der Waals surface area contributed by atoms with Crippen LogP contribution in [0.25, 0.3) is 0 Å². The van der Waals surface area contributed by atoms with E-state index in [1.54, 1.807) is 0 Å². The highest BCUT2D eigenvalue weighted by Crippen LogP contribution is 2.29. The molecule has 0 aromatic carbocycles. The lowest BCUT2D eigenvalue weighted by Gasteiger charge is -2.45. The van der Waals surface area contributed by atoms with Gasteiger partial charge in [-0.1, -0.05) is 6.42 Å². The van der Waals surface area contributed by atoms with Crippen molar-refractivity contribution in [3.05, 3.63) is 0 Å². The predicted octanol–water partition coefficient (Wildman–Crippen LogP) is -3.27. The van der Waals surface area contributed by atoms with E-state index in [4.69, 9.17) is 18.9 Å². The van der Waals surface area contributed by atoms with Crippen molar-refractivity contribution in [2.24, 2.45) is 0 Å². The normalized spacial score (nSPS) is 43.4. The highest BCUT2D eigenvalue weighted by Gasteiger charge is 2.50. The number of unbranched alkanes of at least 4 members (excludes halogenated alkanes) is 2. The Kier molecular flexibility index (Phi) is 10.5. The molecule has 0 radical (unpaired) electrons. The van der Waals surface area contributed by atoms with Gasteiger partial charge in [-0.15, -0.1) is 0 Å². The van der Waals surface area contributed by atoms with Crippen LogP contribution in [0, 0.1) is 0 Å². The fourth-order valence-electron chi connectivity index (χ4n) is 3.28. The summed E-state index contributed by atoms with van der Waals surface area (Å²) in [6.07, 6.45) is -11.9. The van der Waals surface area contributed by atoms with Crippen LogP contribution in [0.4, 0.5) is 0 Å². The Balaban J connectivity index is 1.98. The molecular weight excluding hydrogens is 412 g/mol. The minimum absolute atomic E-state index is 0.276. The van der Waals surface area contributed by atoms with Crippen molar-refractivity contribution in [3.8, 4) is 0 Å². The molecule has 2 aliphatic heterocycles. The summed E-state index contributed by atoms with van der Waals surface area (Å²) in [6, 6.07) is 0. The summed E-state index contributed by atoms with van der Waals surface area (Å²) >= 11 is 4.12. The van der Waals surface area contributed by atoms with Gasteiger partial charge in [0.05, 0.1) is 13.2 Å². The Morgan fingerprint density at radius 1 is 0.690 bits per heavy atom. The van der Waals surface area contributed by atoms with Gasteiger partial charge in [0.1, 0.15) is 48.8 Å². The molecule has 10 atom stereocenters. The number of aliphatic hydroxyl groups excluding tert-OH is 7. The highest BCUT2D eigenvalue weighted by molar-refractivity contribution is 7.80. The second kappa shape index (κ2) is 12.1. The lowest BCUT2D eigenvalue weighted by atomic mass is 9.97. The van der Waals surface area contributed by atoms with E-state index in [0.717, 1.165) is 18.6 Å². The maximum atomic E-state index is 10.5. The molecule has 2 rings (SSSR count). The number of rotatable bonds is 10. The van der Waals surface area contributed by atoms with Crippen molar-refractivity contribution < 1.29 is 54.7 Å². The Morgan fingerprint density at radius 3 is 1.93 bits per heavy atom. The van der Waals surface area contributed by atoms with Crippen molar-refractivity contribution in [1.29, 1.82) is 0 Å². The summed E-state index contributed by atoms with van der Waals surface area (Å²) < 4.78 is 21.7. The number of hydrogen-bond acceptors (Lipinski definition) is 12. The highest BCUT2D eigenvalue weighted by atomic mass is 32.1. The molecule has 4 unspecified atom stereocenters. The van der Waals surface area contributed by atoms with E-state index in [1.807, 2.05) is 0 Å². The average molecular weight is 444 g/mol. The fraction of sp³-hybridized carbons (Fsp3) is 1.00. The van der Waals surface area contributed by atoms with Gasteiger partial charge in [-0.05, 0) is 18.6 Å². The van der Waals surface area contributed by atoms with Crippen LogP contribution < -0.4 is 0 Å². The van der Waals surface area contributed by atoms with Crippen molar-refractivity contribution >= 4 is 12.6 Å².